The number of carbonyl (C=O) groups is 1. The summed E-state index contributed by atoms with van der Waals surface area (Å²) in [5, 5.41) is 10.7. The fourth-order valence-electron chi connectivity index (χ4n) is 5.01. The van der Waals surface area contributed by atoms with Crippen LogP contribution in [0.1, 0.15) is 82.3 Å². The van der Waals surface area contributed by atoms with E-state index in [4.69, 9.17) is 9.47 Å². The lowest BCUT2D eigenvalue weighted by atomic mass is 9.80. The maximum atomic E-state index is 12.9. The van der Waals surface area contributed by atoms with Gasteiger partial charge < -0.3 is 14.6 Å². The van der Waals surface area contributed by atoms with E-state index < -0.39 is 11.5 Å². The number of rotatable bonds is 11. The van der Waals surface area contributed by atoms with Gasteiger partial charge in [-0.1, -0.05) is 76.1 Å². The van der Waals surface area contributed by atoms with Gasteiger partial charge >= 0.3 is 5.97 Å². The van der Waals surface area contributed by atoms with Gasteiger partial charge in [-0.2, -0.15) is 0 Å². The van der Waals surface area contributed by atoms with Crippen LogP contribution in [0, 0.1) is 5.41 Å². The second-order valence-electron chi connectivity index (χ2n) is 8.95. The van der Waals surface area contributed by atoms with Gasteiger partial charge in [-0.3, -0.25) is 4.79 Å². The molecule has 1 aromatic carbocycles. The average molecular weight is 415 g/mol. The number of allylic oxidation sites excluding steroid dienone is 1. The predicted molar refractivity (Wildman–Crippen MR) is 119 cm³/mol. The molecule has 3 rings (SSSR count). The van der Waals surface area contributed by atoms with Crippen molar-refractivity contribution in [2.24, 2.45) is 5.41 Å². The number of unbranched alkanes of at least 4 members (excludes halogenated alkanes) is 6. The van der Waals surface area contributed by atoms with Crippen LogP contribution in [-0.2, 0) is 27.1 Å². The fourth-order valence-corrected chi connectivity index (χ4v) is 5.01. The summed E-state index contributed by atoms with van der Waals surface area (Å²) in [4.78, 5) is 12.9. The quantitative estimate of drug-likeness (QED) is 0.383. The molecule has 4 heteroatoms. The summed E-state index contributed by atoms with van der Waals surface area (Å²) in [6.45, 7) is 2.23. The Labute approximate surface area is 181 Å². The molecule has 0 spiro atoms. The summed E-state index contributed by atoms with van der Waals surface area (Å²) in [5.41, 5.74) is 1.73. The van der Waals surface area contributed by atoms with E-state index in [1.54, 1.807) is 0 Å². The van der Waals surface area contributed by atoms with Crippen molar-refractivity contribution in [3.05, 3.63) is 47.2 Å². The van der Waals surface area contributed by atoms with Gasteiger partial charge in [0, 0.05) is 12.8 Å². The van der Waals surface area contributed by atoms with Crippen LogP contribution in [0.2, 0.25) is 0 Å². The first-order valence-corrected chi connectivity index (χ1v) is 11.8. The van der Waals surface area contributed by atoms with Gasteiger partial charge in [0.25, 0.3) is 0 Å². The molecule has 0 saturated carbocycles. The largest absolute Gasteiger partial charge is 0.491 e. The Balaban J connectivity index is 1.63. The number of esters is 1. The maximum Gasteiger partial charge on any atom is 0.319 e. The van der Waals surface area contributed by atoms with Gasteiger partial charge in [0.15, 0.2) is 0 Å². The summed E-state index contributed by atoms with van der Waals surface area (Å²) in [5.74, 6) is 0.534. The van der Waals surface area contributed by atoms with E-state index in [-0.39, 0.29) is 12.1 Å². The lowest BCUT2D eigenvalue weighted by molar-refractivity contribution is -0.154. The number of hydrogen-bond donors (Lipinski definition) is 1. The highest BCUT2D eigenvalue weighted by atomic mass is 16.5. The lowest BCUT2D eigenvalue weighted by Crippen LogP contribution is -2.40. The van der Waals surface area contributed by atoms with Crippen LogP contribution in [0.4, 0.5) is 0 Å². The minimum absolute atomic E-state index is 0.192. The Morgan fingerprint density at radius 3 is 2.43 bits per heavy atom. The molecule has 0 aliphatic heterocycles. The van der Waals surface area contributed by atoms with Gasteiger partial charge in [-0.25, -0.2) is 0 Å². The monoisotopic (exact) mass is 414 g/mol. The molecule has 1 N–H and O–H groups in total. The number of aliphatic hydroxyl groups excluding tert-OH is 1. The third-order valence-electron chi connectivity index (χ3n) is 6.83. The van der Waals surface area contributed by atoms with Crippen molar-refractivity contribution < 1.29 is 19.4 Å². The summed E-state index contributed by atoms with van der Waals surface area (Å²) in [6, 6.07) is 8.22. The number of aliphatic hydroxyl groups is 1. The first-order chi connectivity index (χ1) is 14.6. The van der Waals surface area contributed by atoms with Crippen LogP contribution in [0.15, 0.2) is 36.1 Å². The van der Waals surface area contributed by atoms with E-state index >= 15 is 0 Å². The van der Waals surface area contributed by atoms with E-state index in [1.165, 1.54) is 50.3 Å². The van der Waals surface area contributed by atoms with Crippen molar-refractivity contribution in [3.63, 3.8) is 0 Å². The topological polar surface area (TPSA) is 55.8 Å². The fraction of sp³-hybridized carbons (Fsp3) is 0.654. The van der Waals surface area contributed by atoms with Crippen molar-refractivity contribution in [1.29, 1.82) is 0 Å². The van der Waals surface area contributed by atoms with Gasteiger partial charge in [0.05, 0.1) is 13.2 Å². The molecular formula is C26H38O4. The van der Waals surface area contributed by atoms with Crippen LogP contribution >= 0.6 is 0 Å². The average Bonchev–Trinajstić information content (AvgIpc) is 3.16. The standard InChI is InChI=1S/C26H38O4/c1-3-4-5-6-7-8-11-16-26(25(28)29-2)17-12-15-24(26)30-23-19-21-14-10-9-13-20(21)18-22(23)27/h9-10,13-15,22-23,27H,3-8,11-12,16-19H2,1-2H3/t22-,23-,26-/m1/s1. The van der Waals surface area contributed by atoms with Crippen molar-refractivity contribution in [2.75, 3.05) is 7.11 Å². The highest BCUT2D eigenvalue weighted by Crippen LogP contribution is 2.46. The minimum Gasteiger partial charge on any atom is -0.491 e. The Bertz CT molecular complexity index is 725. The third-order valence-corrected chi connectivity index (χ3v) is 6.83. The van der Waals surface area contributed by atoms with Crippen molar-refractivity contribution in [3.8, 4) is 0 Å². The Kier molecular flexibility index (Phi) is 8.38. The summed E-state index contributed by atoms with van der Waals surface area (Å²) in [7, 11) is 1.47. The first kappa shape index (κ1) is 22.9. The molecule has 30 heavy (non-hydrogen) atoms. The molecule has 0 bridgehead atoms. The number of methoxy groups -OCH3 is 1. The van der Waals surface area contributed by atoms with E-state index in [1.807, 2.05) is 18.2 Å². The number of ether oxygens (including phenoxy) is 2. The van der Waals surface area contributed by atoms with Crippen LogP contribution in [0.3, 0.4) is 0 Å². The number of hydrogen-bond acceptors (Lipinski definition) is 4. The maximum absolute atomic E-state index is 12.9. The molecule has 0 amide bonds. The lowest BCUT2D eigenvalue weighted by Gasteiger charge is -2.35. The van der Waals surface area contributed by atoms with Crippen molar-refractivity contribution in [1.82, 2.24) is 0 Å². The Morgan fingerprint density at radius 1 is 1.07 bits per heavy atom. The molecule has 1 aromatic rings. The van der Waals surface area contributed by atoms with E-state index in [2.05, 4.69) is 19.1 Å². The van der Waals surface area contributed by atoms with Crippen LogP contribution < -0.4 is 0 Å². The molecule has 0 heterocycles. The summed E-state index contributed by atoms with van der Waals surface area (Å²) < 4.78 is 11.6. The highest BCUT2D eigenvalue weighted by Gasteiger charge is 2.48. The molecular weight excluding hydrogens is 376 g/mol. The Hall–Kier alpha value is -1.81. The molecule has 2 aliphatic rings. The summed E-state index contributed by atoms with van der Waals surface area (Å²) in [6.07, 6.45) is 13.2. The smallest absolute Gasteiger partial charge is 0.319 e. The normalized spacial score (nSPS) is 25.5. The highest BCUT2D eigenvalue weighted by molar-refractivity contribution is 5.80. The van der Waals surface area contributed by atoms with Crippen molar-refractivity contribution >= 4 is 5.97 Å². The number of fused-ring (bicyclic) bond motifs is 1. The molecule has 3 atom stereocenters. The van der Waals surface area contributed by atoms with E-state index in [0.29, 0.717) is 12.8 Å². The second kappa shape index (κ2) is 11.0. The zero-order valence-corrected chi connectivity index (χ0v) is 18.7. The SMILES string of the molecule is CCCCCCCCC[C@@]1(C(=O)OC)CCC=C1O[C@@H]1Cc2ccccc2C[C@H]1O. The van der Waals surface area contributed by atoms with Gasteiger partial charge in [-0.15, -0.1) is 0 Å². The zero-order chi connectivity index (χ0) is 21.4. The zero-order valence-electron chi connectivity index (χ0n) is 18.7. The van der Waals surface area contributed by atoms with Crippen LogP contribution in [-0.4, -0.2) is 30.4 Å². The van der Waals surface area contributed by atoms with Crippen LogP contribution in [0.5, 0.6) is 0 Å². The molecule has 0 saturated heterocycles. The van der Waals surface area contributed by atoms with Crippen LogP contribution in [0.25, 0.3) is 0 Å². The van der Waals surface area contributed by atoms with Gasteiger partial charge in [0.2, 0.25) is 0 Å². The number of benzene rings is 1. The third kappa shape index (κ3) is 5.26. The molecule has 4 nitrogen and oxygen atoms in total. The predicted octanol–water partition coefficient (Wildman–Crippen LogP) is 5.51. The molecule has 0 aromatic heterocycles. The second-order valence-corrected chi connectivity index (χ2v) is 8.95. The van der Waals surface area contributed by atoms with Gasteiger partial charge in [-0.05, 0) is 36.5 Å². The van der Waals surface area contributed by atoms with E-state index in [9.17, 15) is 9.90 Å². The summed E-state index contributed by atoms with van der Waals surface area (Å²) >= 11 is 0. The van der Waals surface area contributed by atoms with Gasteiger partial charge in [0.1, 0.15) is 17.3 Å². The molecule has 166 valence electrons. The molecule has 0 unspecified atom stereocenters. The molecule has 0 radical (unpaired) electrons. The molecule has 0 fully saturated rings. The van der Waals surface area contributed by atoms with Crippen molar-refractivity contribution in [2.45, 2.75) is 96.2 Å². The minimum atomic E-state index is -0.686. The molecule has 2 aliphatic carbocycles. The number of carbonyl (C=O) groups excluding carboxylic acids is 1. The Morgan fingerprint density at radius 2 is 1.73 bits per heavy atom. The van der Waals surface area contributed by atoms with E-state index in [0.717, 1.165) is 37.9 Å². The first-order valence-electron chi connectivity index (χ1n) is 11.8.